The molecule has 0 bridgehead atoms. The van der Waals surface area contributed by atoms with E-state index in [-0.39, 0.29) is 22.8 Å². The van der Waals surface area contributed by atoms with Gasteiger partial charge in [-0.15, -0.1) is 0 Å². The maximum atomic E-state index is 13.4. The summed E-state index contributed by atoms with van der Waals surface area (Å²) >= 11 is 0. The second-order valence-corrected chi connectivity index (χ2v) is 8.39. The summed E-state index contributed by atoms with van der Waals surface area (Å²) in [5.41, 5.74) is 3.30. The average Bonchev–Trinajstić information content (AvgIpc) is 2.63. The van der Waals surface area contributed by atoms with Gasteiger partial charge in [0.25, 0.3) is 0 Å². The summed E-state index contributed by atoms with van der Waals surface area (Å²) in [6, 6.07) is 19.2. The Balaban J connectivity index is 2.18. The number of hydrogen-bond donors (Lipinski definition) is 0. The summed E-state index contributed by atoms with van der Waals surface area (Å²) in [4.78, 5) is 15.5. The van der Waals surface area contributed by atoms with Crippen molar-refractivity contribution in [1.82, 2.24) is 0 Å². The van der Waals surface area contributed by atoms with Crippen LogP contribution in [-0.4, -0.2) is 11.4 Å². The molecule has 0 aromatic heterocycles. The summed E-state index contributed by atoms with van der Waals surface area (Å²) in [5, 5.41) is 0. The second-order valence-electron chi connectivity index (χ2n) is 8.39. The van der Waals surface area contributed by atoms with Crippen LogP contribution >= 0.6 is 0 Å². The highest BCUT2D eigenvalue weighted by Crippen LogP contribution is 2.50. The van der Waals surface area contributed by atoms with Crippen LogP contribution in [0, 0.1) is 5.92 Å². The van der Waals surface area contributed by atoms with Crippen LogP contribution in [-0.2, 0) is 10.2 Å². The minimum absolute atomic E-state index is 0.0865. The second kappa shape index (κ2) is 6.90. The lowest BCUT2D eigenvalue weighted by Crippen LogP contribution is -2.57. The van der Waals surface area contributed by atoms with Crippen molar-refractivity contribution >= 4 is 11.6 Å². The van der Waals surface area contributed by atoms with Crippen LogP contribution in [0.1, 0.15) is 65.0 Å². The normalized spacial score (nSPS) is 21.5. The molecule has 2 nitrogen and oxygen atoms in total. The predicted molar refractivity (Wildman–Crippen MR) is 110 cm³/mol. The van der Waals surface area contributed by atoms with E-state index in [1.807, 2.05) is 0 Å². The van der Waals surface area contributed by atoms with Gasteiger partial charge < -0.3 is 4.90 Å². The van der Waals surface area contributed by atoms with Crippen LogP contribution in [0.3, 0.4) is 0 Å². The zero-order valence-corrected chi connectivity index (χ0v) is 16.8. The number of para-hydroxylation sites is 1. The fourth-order valence-corrected chi connectivity index (χ4v) is 4.80. The summed E-state index contributed by atoms with van der Waals surface area (Å²) < 4.78 is 0. The number of carbonyl (C=O) groups excluding carboxylic acids is 1. The first kappa shape index (κ1) is 18.7. The number of fused-ring (bicyclic) bond motifs is 1. The van der Waals surface area contributed by atoms with Gasteiger partial charge in [-0.3, -0.25) is 4.79 Å². The van der Waals surface area contributed by atoms with Crippen molar-refractivity contribution in [2.75, 3.05) is 4.90 Å². The van der Waals surface area contributed by atoms with Gasteiger partial charge in [-0.1, -0.05) is 69.3 Å². The third-order valence-electron chi connectivity index (χ3n) is 6.10. The first-order valence-electron chi connectivity index (χ1n) is 9.84. The third kappa shape index (κ3) is 2.96. The van der Waals surface area contributed by atoms with E-state index in [9.17, 15) is 4.79 Å². The minimum Gasteiger partial charge on any atom is -0.306 e. The van der Waals surface area contributed by atoms with Crippen LogP contribution in [0.15, 0.2) is 54.6 Å². The van der Waals surface area contributed by atoms with Gasteiger partial charge in [0.15, 0.2) is 0 Å². The minimum atomic E-state index is -0.237. The fourth-order valence-electron chi connectivity index (χ4n) is 4.80. The molecule has 0 aliphatic carbocycles. The number of benzene rings is 2. The molecular formula is C24H31NO. The molecule has 0 fully saturated rings. The van der Waals surface area contributed by atoms with Gasteiger partial charge in [0, 0.05) is 22.6 Å². The quantitative estimate of drug-likeness (QED) is 0.668. The molecule has 26 heavy (non-hydrogen) atoms. The molecule has 1 aliphatic heterocycles. The molecule has 3 rings (SSSR count). The van der Waals surface area contributed by atoms with Crippen molar-refractivity contribution < 1.29 is 4.79 Å². The number of hydrogen-bond acceptors (Lipinski definition) is 1. The fraction of sp³-hybridized carbons (Fsp3) is 0.458. The smallest absolute Gasteiger partial charge is 0.230 e. The van der Waals surface area contributed by atoms with Crippen molar-refractivity contribution in [2.45, 2.75) is 64.8 Å². The van der Waals surface area contributed by atoms with Crippen molar-refractivity contribution in [2.24, 2.45) is 5.92 Å². The zero-order chi connectivity index (χ0) is 18.9. The number of anilines is 1. The van der Waals surface area contributed by atoms with E-state index < -0.39 is 0 Å². The molecule has 0 unspecified atom stereocenters. The van der Waals surface area contributed by atoms with Crippen molar-refractivity contribution in [3.63, 3.8) is 0 Å². The lowest BCUT2D eigenvalue weighted by molar-refractivity contribution is -0.124. The van der Waals surface area contributed by atoms with E-state index >= 15 is 0 Å². The highest BCUT2D eigenvalue weighted by molar-refractivity contribution is 5.98. The number of amides is 1. The highest BCUT2D eigenvalue weighted by Gasteiger charge is 2.48. The predicted octanol–water partition coefficient (Wildman–Crippen LogP) is 5.94. The van der Waals surface area contributed by atoms with E-state index in [0.717, 1.165) is 24.9 Å². The Labute approximate surface area is 158 Å². The molecule has 0 saturated heterocycles. The molecule has 1 amide bonds. The maximum absolute atomic E-state index is 13.4. The summed E-state index contributed by atoms with van der Waals surface area (Å²) in [7, 11) is 0. The van der Waals surface area contributed by atoms with Gasteiger partial charge in [-0.05, 0) is 50.3 Å². The number of nitrogens with zero attached hydrogens (tertiary/aromatic N) is 1. The highest BCUT2D eigenvalue weighted by atomic mass is 16.2. The van der Waals surface area contributed by atoms with Crippen LogP contribution < -0.4 is 4.90 Å². The van der Waals surface area contributed by atoms with E-state index in [0.29, 0.717) is 0 Å². The molecule has 1 heterocycles. The Kier molecular flexibility index (Phi) is 4.96. The summed E-state index contributed by atoms with van der Waals surface area (Å²) in [6.45, 7) is 11.0. The largest absolute Gasteiger partial charge is 0.306 e. The van der Waals surface area contributed by atoms with Gasteiger partial charge in [0.05, 0.1) is 0 Å². The molecule has 0 spiro atoms. The van der Waals surface area contributed by atoms with Crippen LogP contribution in [0.5, 0.6) is 0 Å². The topological polar surface area (TPSA) is 20.3 Å². The Morgan fingerprint density at radius 2 is 1.54 bits per heavy atom. The lowest BCUT2D eigenvalue weighted by atomic mass is 9.65. The SMILES string of the molecule is CCC(CC)C(=O)N1c2ccccc2[C@@](C)(c2ccccc2)CC1(C)C. The number of carbonyl (C=O) groups is 1. The van der Waals surface area contributed by atoms with Crippen LogP contribution in [0.25, 0.3) is 0 Å². The van der Waals surface area contributed by atoms with Gasteiger partial charge in [-0.2, -0.15) is 0 Å². The van der Waals surface area contributed by atoms with Gasteiger partial charge in [-0.25, -0.2) is 0 Å². The van der Waals surface area contributed by atoms with E-state index in [1.165, 1.54) is 11.1 Å². The molecule has 138 valence electrons. The van der Waals surface area contributed by atoms with E-state index in [4.69, 9.17) is 0 Å². The molecular weight excluding hydrogens is 318 g/mol. The standard InChI is InChI=1S/C24H31NO/c1-6-18(7-2)22(26)25-21-16-12-11-15-20(21)24(5,17-23(25,3)4)19-13-9-8-10-14-19/h8-16,18H,6-7,17H2,1-5H3/t24-/m1/s1. The van der Waals surface area contributed by atoms with Crippen LogP contribution in [0.2, 0.25) is 0 Å². The van der Waals surface area contributed by atoms with E-state index in [2.05, 4.69) is 94.1 Å². The molecule has 2 aromatic rings. The van der Waals surface area contributed by atoms with Crippen LogP contribution in [0.4, 0.5) is 5.69 Å². The molecule has 0 N–H and O–H groups in total. The molecule has 2 heteroatoms. The lowest BCUT2D eigenvalue weighted by Gasteiger charge is -2.52. The van der Waals surface area contributed by atoms with Gasteiger partial charge in [0.1, 0.15) is 0 Å². The molecule has 0 radical (unpaired) electrons. The Hall–Kier alpha value is -2.09. The Bertz CT molecular complexity index is 776. The molecule has 0 saturated carbocycles. The average molecular weight is 350 g/mol. The molecule has 1 atom stereocenters. The Morgan fingerprint density at radius 3 is 2.15 bits per heavy atom. The first-order chi connectivity index (χ1) is 12.3. The molecule has 2 aromatic carbocycles. The van der Waals surface area contributed by atoms with Crippen molar-refractivity contribution in [1.29, 1.82) is 0 Å². The molecule has 1 aliphatic rings. The van der Waals surface area contributed by atoms with E-state index in [1.54, 1.807) is 0 Å². The monoisotopic (exact) mass is 349 g/mol. The van der Waals surface area contributed by atoms with Crippen molar-refractivity contribution in [3.8, 4) is 0 Å². The summed E-state index contributed by atoms with van der Waals surface area (Å²) in [5.74, 6) is 0.353. The van der Waals surface area contributed by atoms with Crippen molar-refractivity contribution in [3.05, 3.63) is 65.7 Å². The number of rotatable bonds is 4. The van der Waals surface area contributed by atoms with Gasteiger partial charge >= 0.3 is 0 Å². The summed E-state index contributed by atoms with van der Waals surface area (Å²) in [6.07, 6.45) is 2.69. The van der Waals surface area contributed by atoms with Gasteiger partial charge in [0.2, 0.25) is 5.91 Å². The zero-order valence-electron chi connectivity index (χ0n) is 16.8. The maximum Gasteiger partial charge on any atom is 0.230 e. The first-order valence-corrected chi connectivity index (χ1v) is 9.84. The third-order valence-corrected chi connectivity index (χ3v) is 6.10. The Morgan fingerprint density at radius 1 is 0.962 bits per heavy atom.